The maximum atomic E-state index is 8.87. The Balaban J connectivity index is 1.82. The average molecular weight is 282 g/mol. The van der Waals surface area contributed by atoms with Crippen LogP contribution in [-0.4, -0.2) is 59.1 Å². The summed E-state index contributed by atoms with van der Waals surface area (Å²) in [5.74, 6) is 1.27. The molecule has 2 rings (SSSR count). The van der Waals surface area contributed by atoms with E-state index in [2.05, 4.69) is 28.8 Å². The number of nitrogens with zero attached hydrogens (tertiary/aromatic N) is 3. The van der Waals surface area contributed by atoms with E-state index in [1.54, 1.807) is 0 Å². The fourth-order valence-corrected chi connectivity index (χ4v) is 3.74. The van der Waals surface area contributed by atoms with Crippen molar-refractivity contribution in [1.29, 1.82) is 0 Å². The van der Waals surface area contributed by atoms with E-state index in [1.807, 2.05) is 0 Å². The summed E-state index contributed by atoms with van der Waals surface area (Å²) in [7, 11) is 0. The highest BCUT2D eigenvalue weighted by atomic mass is 16.4. The van der Waals surface area contributed by atoms with Crippen LogP contribution in [0.3, 0.4) is 0 Å². The lowest BCUT2D eigenvalue weighted by Crippen LogP contribution is -2.56. The molecule has 0 spiro atoms. The van der Waals surface area contributed by atoms with Gasteiger partial charge in [-0.25, -0.2) is 0 Å². The summed E-state index contributed by atoms with van der Waals surface area (Å²) in [4.78, 5) is 5.01. The first-order valence-corrected chi connectivity index (χ1v) is 8.11. The predicted molar refractivity (Wildman–Crippen MR) is 82.1 cm³/mol. The van der Waals surface area contributed by atoms with Gasteiger partial charge in [0.2, 0.25) is 0 Å². The van der Waals surface area contributed by atoms with Gasteiger partial charge in [0.25, 0.3) is 0 Å². The molecule has 1 saturated carbocycles. The smallest absolute Gasteiger partial charge is 0.156 e. The van der Waals surface area contributed by atoms with Gasteiger partial charge < -0.3 is 10.9 Å². The highest BCUT2D eigenvalue weighted by molar-refractivity contribution is 5.85. The van der Waals surface area contributed by atoms with Crippen molar-refractivity contribution in [2.75, 3.05) is 26.2 Å². The molecule has 20 heavy (non-hydrogen) atoms. The summed E-state index contributed by atoms with van der Waals surface area (Å²) >= 11 is 0. The van der Waals surface area contributed by atoms with Crippen molar-refractivity contribution in [3.05, 3.63) is 0 Å². The van der Waals surface area contributed by atoms with E-state index in [4.69, 9.17) is 10.9 Å². The van der Waals surface area contributed by atoms with Crippen molar-refractivity contribution in [2.45, 2.75) is 58.0 Å². The lowest BCUT2D eigenvalue weighted by molar-refractivity contribution is 0.0624. The van der Waals surface area contributed by atoms with Crippen LogP contribution in [0.2, 0.25) is 0 Å². The molecule has 116 valence electrons. The van der Waals surface area contributed by atoms with E-state index in [9.17, 15) is 0 Å². The van der Waals surface area contributed by atoms with Gasteiger partial charge in [-0.3, -0.25) is 9.80 Å². The average Bonchev–Trinajstić information content (AvgIpc) is 2.49. The highest BCUT2D eigenvalue weighted by Crippen LogP contribution is 2.27. The van der Waals surface area contributed by atoms with Crippen LogP contribution in [-0.2, 0) is 0 Å². The first kappa shape index (κ1) is 15.6. The molecule has 0 radical (unpaired) electrons. The summed E-state index contributed by atoms with van der Waals surface area (Å²) in [5, 5.41) is 12.1. The van der Waals surface area contributed by atoms with Crippen molar-refractivity contribution in [3.63, 3.8) is 0 Å². The number of hydrogen-bond acceptors (Lipinski definition) is 4. The minimum atomic E-state index is 0.0912. The number of amidine groups is 1. The van der Waals surface area contributed by atoms with Crippen molar-refractivity contribution in [1.82, 2.24) is 9.80 Å². The fourth-order valence-electron chi connectivity index (χ4n) is 3.74. The molecule has 1 saturated heterocycles. The zero-order chi connectivity index (χ0) is 14.5. The third-order valence-electron chi connectivity index (χ3n) is 5.13. The van der Waals surface area contributed by atoms with Crippen LogP contribution < -0.4 is 5.73 Å². The van der Waals surface area contributed by atoms with Crippen molar-refractivity contribution in [2.24, 2.45) is 16.8 Å². The van der Waals surface area contributed by atoms with Gasteiger partial charge in [0, 0.05) is 32.2 Å². The molecule has 1 aliphatic heterocycles. The molecule has 2 fully saturated rings. The Hall–Kier alpha value is -0.810. The van der Waals surface area contributed by atoms with Gasteiger partial charge >= 0.3 is 0 Å². The monoisotopic (exact) mass is 282 g/mol. The summed E-state index contributed by atoms with van der Waals surface area (Å²) in [6, 6.07) is 0.880. The minimum absolute atomic E-state index is 0.0912. The molecule has 0 amide bonds. The largest absolute Gasteiger partial charge is 0.409 e. The summed E-state index contributed by atoms with van der Waals surface area (Å²) < 4.78 is 0. The van der Waals surface area contributed by atoms with Crippen molar-refractivity contribution in [3.8, 4) is 0 Å². The Bertz CT molecular complexity index is 318. The van der Waals surface area contributed by atoms with E-state index >= 15 is 0 Å². The third kappa shape index (κ3) is 3.64. The summed E-state index contributed by atoms with van der Waals surface area (Å²) in [6.07, 6.45) is 6.38. The number of piperazine rings is 1. The number of nitrogens with two attached hydrogens (primary N) is 1. The normalized spacial score (nSPS) is 32.2. The zero-order valence-corrected chi connectivity index (χ0v) is 13.0. The molecular formula is C15H30N4O. The molecule has 0 aromatic carbocycles. The lowest BCUT2D eigenvalue weighted by atomic mass is 9.86. The molecule has 3 N–H and O–H groups in total. The van der Waals surface area contributed by atoms with Gasteiger partial charge in [0.05, 0.1) is 6.04 Å². The van der Waals surface area contributed by atoms with E-state index in [-0.39, 0.29) is 6.04 Å². The van der Waals surface area contributed by atoms with E-state index in [1.165, 1.54) is 25.7 Å². The summed E-state index contributed by atoms with van der Waals surface area (Å²) in [6.45, 7) is 8.76. The molecule has 1 heterocycles. The van der Waals surface area contributed by atoms with Crippen molar-refractivity contribution >= 4 is 5.84 Å². The fraction of sp³-hybridized carbons (Fsp3) is 0.933. The maximum absolute atomic E-state index is 8.87. The molecule has 1 atom stereocenters. The first-order valence-electron chi connectivity index (χ1n) is 8.11. The molecular weight excluding hydrogens is 252 g/mol. The Labute approximate surface area is 122 Å². The standard InChI is InChI=1S/C15H30N4O/c1-3-14(15(16)17-20)19-10-8-18(9-11-19)13-6-4-12(2)5-7-13/h12-14,20H,3-11H2,1-2H3,(H2,16,17). The summed E-state index contributed by atoms with van der Waals surface area (Å²) in [5.41, 5.74) is 5.80. The first-order chi connectivity index (χ1) is 9.65. The van der Waals surface area contributed by atoms with Crippen LogP contribution in [0.1, 0.15) is 46.0 Å². The Morgan fingerprint density at radius 2 is 1.80 bits per heavy atom. The third-order valence-corrected chi connectivity index (χ3v) is 5.13. The van der Waals surface area contributed by atoms with E-state index in [0.717, 1.165) is 44.6 Å². The van der Waals surface area contributed by atoms with E-state index in [0.29, 0.717) is 5.84 Å². The topological polar surface area (TPSA) is 65.1 Å². The molecule has 5 heteroatoms. The maximum Gasteiger partial charge on any atom is 0.156 e. The Morgan fingerprint density at radius 1 is 1.20 bits per heavy atom. The van der Waals surface area contributed by atoms with Crippen molar-refractivity contribution < 1.29 is 5.21 Å². The number of oxime groups is 1. The van der Waals surface area contributed by atoms with Gasteiger partial charge in [0.15, 0.2) is 5.84 Å². The van der Waals surface area contributed by atoms with Gasteiger partial charge in [0.1, 0.15) is 0 Å². The highest BCUT2D eigenvalue weighted by Gasteiger charge is 2.30. The molecule has 1 unspecified atom stereocenters. The molecule has 0 bridgehead atoms. The molecule has 0 aromatic rings. The van der Waals surface area contributed by atoms with Gasteiger partial charge in [-0.1, -0.05) is 19.0 Å². The molecule has 1 aliphatic carbocycles. The SMILES string of the molecule is CCC(C(N)=NO)N1CCN(C2CCC(C)CC2)CC1. The second-order valence-electron chi connectivity index (χ2n) is 6.43. The van der Waals surface area contributed by atoms with Crippen LogP contribution in [0.25, 0.3) is 0 Å². The lowest BCUT2D eigenvalue weighted by Gasteiger charge is -2.43. The number of rotatable bonds is 4. The molecule has 5 nitrogen and oxygen atoms in total. The van der Waals surface area contributed by atoms with Crippen LogP contribution in [0.4, 0.5) is 0 Å². The van der Waals surface area contributed by atoms with Crippen LogP contribution >= 0.6 is 0 Å². The second-order valence-corrected chi connectivity index (χ2v) is 6.43. The van der Waals surface area contributed by atoms with Gasteiger partial charge in [-0.2, -0.15) is 0 Å². The minimum Gasteiger partial charge on any atom is -0.409 e. The zero-order valence-electron chi connectivity index (χ0n) is 13.0. The predicted octanol–water partition coefficient (Wildman–Crippen LogP) is 1.71. The number of hydrogen-bond donors (Lipinski definition) is 2. The van der Waals surface area contributed by atoms with Gasteiger partial charge in [-0.05, 0) is 38.0 Å². The quantitative estimate of drug-likeness (QED) is 0.356. The van der Waals surface area contributed by atoms with Crippen LogP contribution in [0, 0.1) is 5.92 Å². The molecule has 2 aliphatic rings. The second kappa shape index (κ2) is 7.27. The van der Waals surface area contributed by atoms with Gasteiger partial charge in [-0.15, -0.1) is 0 Å². The van der Waals surface area contributed by atoms with Crippen LogP contribution in [0.5, 0.6) is 0 Å². The molecule has 0 aromatic heterocycles. The Morgan fingerprint density at radius 3 is 2.30 bits per heavy atom. The van der Waals surface area contributed by atoms with Crippen LogP contribution in [0.15, 0.2) is 5.16 Å². The van der Waals surface area contributed by atoms with E-state index < -0.39 is 0 Å². The Kier molecular flexibility index (Phi) is 5.66.